The summed E-state index contributed by atoms with van der Waals surface area (Å²) in [7, 11) is 0. The normalized spacial score (nSPS) is 11.7. The van der Waals surface area contributed by atoms with Crippen molar-refractivity contribution in [1.29, 1.82) is 0 Å². The number of aryl methyl sites for hydroxylation is 3. The lowest BCUT2D eigenvalue weighted by atomic mass is 9.88. The molecule has 0 aliphatic heterocycles. The Kier molecular flexibility index (Phi) is 5.53. The van der Waals surface area contributed by atoms with Crippen LogP contribution >= 0.6 is 0 Å². The predicted molar refractivity (Wildman–Crippen MR) is 130 cm³/mol. The van der Waals surface area contributed by atoms with Gasteiger partial charge in [0.2, 0.25) is 0 Å². The van der Waals surface area contributed by atoms with E-state index < -0.39 is 0 Å². The molecule has 3 nitrogen and oxygen atoms in total. The van der Waals surface area contributed by atoms with Crippen LogP contribution in [-0.2, 0) is 5.41 Å². The summed E-state index contributed by atoms with van der Waals surface area (Å²) in [5.74, 6) is 1.91. The Hall–Kier alpha value is -3.20. The van der Waals surface area contributed by atoms with E-state index >= 15 is 0 Å². The second-order valence-corrected chi connectivity index (χ2v) is 9.11. The van der Waals surface area contributed by atoms with E-state index in [9.17, 15) is 0 Å². The minimum Gasteiger partial charge on any atom is -0.278 e. The summed E-state index contributed by atoms with van der Waals surface area (Å²) in [6, 6.07) is 23.6. The third-order valence-corrected chi connectivity index (χ3v) is 6.25. The second kappa shape index (κ2) is 8.14. The van der Waals surface area contributed by atoms with Gasteiger partial charge in [-0.1, -0.05) is 74.9 Å². The monoisotopic (exact) mass is 409 g/mol. The molecule has 1 aromatic heterocycles. The van der Waals surface area contributed by atoms with E-state index in [-0.39, 0.29) is 5.41 Å². The summed E-state index contributed by atoms with van der Waals surface area (Å²) in [5.41, 5.74) is 8.32. The smallest absolute Gasteiger partial charge is 0.168 e. The Morgan fingerprint density at radius 3 is 2.00 bits per heavy atom. The number of benzene rings is 3. The molecule has 0 atom stereocenters. The van der Waals surface area contributed by atoms with Crippen LogP contribution in [0.4, 0.5) is 0 Å². The largest absolute Gasteiger partial charge is 0.278 e. The maximum atomic E-state index is 4.72. The Bertz CT molecular complexity index is 1190. The summed E-state index contributed by atoms with van der Waals surface area (Å²) in [5, 5.41) is 9.41. The summed E-state index contributed by atoms with van der Waals surface area (Å²) in [6.07, 6.45) is 0.985. The van der Waals surface area contributed by atoms with Crippen molar-refractivity contribution in [1.82, 2.24) is 14.8 Å². The van der Waals surface area contributed by atoms with Gasteiger partial charge < -0.3 is 0 Å². The first-order valence-corrected chi connectivity index (χ1v) is 11.0. The predicted octanol–water partition coefficient (Wildman–Crippen LogP) is 7.21. The zero-order valence-corrected chi connectivity index (χ0v) is 19.4. The SMILES string of the molecule is CCC(C)(C)c1nnc(-c2cccc(C)c2)n1-c1c(C)cc(-c2ccccc2)cc1C. The molecular weight excluding hydrogens is 378 g/mol. The van der Waals surface area contributed by atoms with Gasteiger partial charge in [0.25, 0.3) is 0 Å². The second-order valence-electron chi connectivity index (χ2n) is 9.11. The van der Waals surface area contributed by atoms with Gasteiger partial charge in [-0.05, 0) is 67.6 Å². The zero-order chi connectivity index (χ0) is 22.2. The molecule has 4 aromatic rings. The average molecular weight is 410 g/mol. The maximum absolute atomic E-state index is 4.72. The van der Waals surface area contributed by atoms with Gasteiger partial charge in [-0.15, -0.1) is 10.2 Å². The van der Waals surface area contributed by atoms with Crippen molar-refractivity contribution in [2.75, 3.05) is 0 Å². The van der Waals surface area contributed by atoms with Crippen LogP contribution in [-0.4, -0.2) is 14.8 Å². The van der Waals surface area contributed by atoms with E-state index in [1.807, 2.05) is 0 Å². The zero-order valence-electron chi connectivity index (χ0n) is 19.4. The van der Waals surface area contributed by atoms with E-state index in [0.717, 1.165) is 23.6 Å². The average Bonchev–Trinajstić information content (AvgIpc) is 3.19. The van der Waals surface area contributed by atoms with Crippen LogP contribution in [0.5, 0.6) is 0 Å². The third kappa shape index (κ3) is 3.93. The van der Waals surface area contributed by atoms with Crippen LogP contribution in [0.25, 0.3) is 28.2 Å². The molecule has 0 aliphatic rings. The van der Waals surface area contributed by atoms with Gasteiger partial charge in [0.1, 0.15) is 5.82 Å². The van der Waals surface area contributed by atoms with Gasteiger partial charge in [0.15, 0.2) is 5.82 Å². The van der Waals surface area contributed by atoms with Crippen LogP contribution < -0.4 is 0 Å². The van der Waals surface area contributed by atoms with Crippen molar-refractivity contribution in [2.45, 2.75) is 53.4 Å². The van der Waals surface area contributed by atoms with Crippen LogP contribution in [0.2, 0.25) is 0 Å². The third-order valence-electron chi connectivity index (χ3n) is 6.25. The number of aromatic nitrogens is 3. The van der Waals surface area contributed by atoms with Gasteiger partial charge in [-0.2, -0.15) is 0 Å². The lowest BCUT2D eigenvalue weighted by Crippen LogP contribution is -2.22. The minimum atomic E-state index is -0.0912. The van der Waals surface area contributed by atoms with E-state index in [4.69, 9.17) is 10.2 Å². The van der Waals surface area contributed by atoms with E-state index in [1.54, 1.807) is 0 Å². The fraction of sp³-hybridized carbons (Fsp3) is 0.286. The number of hydrogen-bond acceptors (Lipinski definition) is 2. The number of rotatable bonds is 5. The summed E-state index contributed by atoms with van der Waals surface area (Å²) in [6.45, 7) is 13.2. The topological polar surface area (TPSA) is 30.7 Å². The molecule has 158 valence electrons. The lowest BCUT2D eigenvalue weighted by Gasteiger charge is -2.25. The highest BCUT2D eigenvalue weighted by Gasteiger charge is 2.29. The van der Waals surface area contributed by atoms with E-state index in [2.05, 4.69) is 113 Å². The molecule has 0 spiro atoms. The van der Waals surface area contributed by atoms with Crippen molar-refractivity contribution in [2.24, 2.45) is 0 Å². The quantitative estimate of drug-likeness (QED) is 0.348. The molecule has 3 heteroatoms. The first-order valence-electron chi connectivity index (χ1n) is 11.0. The highest BCUT2D eigenvalue weighted by molar-refractivity contribution is 5.70. The summed E-state index contributed by atoms with van der Waals surface area (Å²) < 4.78 is 2.29. The van der Waals surface area contributed by atoms with Crippen LogP contribution in [0.1, 0.15) is 49.7 Å². The molecule has 0 saturated carbocycles. The molecule has 0 N–H and O–H groups in total. The Morgan fingerprint density at radius 1 is 0.742 bits per heavy atom. The van der Waals surface area contributed by atoms with Gasteiger partial charge in [-0.25, -0.2) is 0 Å². The number of hydrogen-bond donors (Lipinski definition) is 0. The molecule has 0 aliphatic carbocycles. The van der Waals surface area contributed by atoms with Crippen molar-refractivity contribution in [3.8, 4) is 28.2 Å². The fourth-order valence-electron chi connectivity index (χ4n) is 4.17. The molecule has 4 rings (SSSR count). The van der Waals surface area contributed by atoms with Crippen molar-refractivity contribution in [3.05, 3.63) is 89.2 Å². The molecule has 0 radical (unpaired) electrons. The first-order chi connectivity index (χ1) is 14.8. The molecule has 3 aromatic carbocycles. The molecule has 0 fully saturated rings. The standard InChI is InChI=1S/C28H31N3/c1-7-28(5,6)27-30-29-26(23-15-11-12-19(2)16-23)31(27)25-20(3)17-24(18-21(25)4)22-13-9-8-10-14-22/h8-18H,7H2,1-6H3. The Balaban J connectivity index is 1.98. The molecule has 0 amide bonds. The highest BCUT2D eigenvalue weighted by Crippen LogP contribution is 2.36. The van der Waals surface area contributed by atoms with E-state index in [0.29, 0.717) is 0 Å². The summed E-state index contributed by atoms with van der Waals surface area (Å²) in [4.78, 5) is 0. The highest BCUT2D eigenvalue weighted by atomic mass is 15.3. The molecule has 0 bridgehead atoms. The Labute approximate surface area is 185 Å². The molecular formula is C28H31N3. The van der Waals surface area contributed by atoms with Crippen LogP contribution in [0.3, 0.4) is 0 Å². The van der Waals surface area contributed by atoms with Crippen molar-refractivity contribution >= 4 is 0 Å². The molecule has 31 heavy (non-hydrogen) atoms. The first kappa shape index (κ1) is 21.0. The lowest BCUT2D eigenvalue weighted by molar-refractivity contribution is 0.464. The number of nitrogens with zero attached hydrogens (tertiary/aromatic N) is 3. The maximum Gasteiger partial charge on any atom is 0.168 e. The van der Waals surface area contributed by atoms with Crippen LogP contribution in [0.15, 0.2) is 66.7 Å². The van der Waals surface area contributed by atoms with Crippen molar-refractivity contribution < 1.29 is 0 Å². The molecule has 0 unspecified atom stereocenters. The van der Waals surface area contributed by atoms with E-state index in [1.165, 1.54) is 33.5 Å². The Morgan fingerprint density at radius 2 is 1.39 bits per heavy atom. The molecule has 0 saturated heterocycles. The van der Waals surface area contributed by atoms with Crippen LogP contribution in [0, 0.1) is 20.8 Å². The summed E-state index contributed by atoms with van der Waals surface area (Å²) >= 11 is 0. The minimum absolute atomic E-state index is 0.0912. The van der Waals surface area contributed by atoms with Gasteiger partial charge in [0, 0.05) is 11.0 Å². The van der Waals surface area contributed by atoms with Gasteiger partial charge in [-0.3, -0.25) is 4.57 Å². The van der Waals surface area contributed by atoms with Crippen molar-refractivity contribution in [3.63, 3.8) is 0 Å². The molecule has 1 heterocycles. The fourth-order valence-corrected chi connectivity index (χ4v) is 4.17. The van der Waals surface area contributed by atoms with Gasteiger partial charge in [0.05, 0.1) is 5.69 Å². The van der Waals surface area contributed by atoms with Gasteiger partial charge >= 0.3 is 0 Å².